The molecule has 0 saturated heterocycles. The Morgan fingerprint density at radius 3 is 2.64 bits per heavy atom. The molecule has 1 aromatic rings. The van der Waals surface area contributed by atoms with Crippen LogP contribution in [0.4, 0.5) is 0 Å². The molecule has 78 valence electrons. The predicted molar refractivity (Wildman–Crippen MR) is 57.9 cm³/mol. The van der Waals surface area contributed by atoms with Crippen LogP contribution in [-0.2, 0) is 11.3 Å². The van der Waals surface area contributed by atoms with Crippen LogP contribution in [0.5, 0.6) is 0 Å². The molecule has 0 aliphatic carbocycles. The Balaban J connectivity index is 2.72. The smallest absolute Gasteiger partial charge is 0.0732 e. The fourth-order valence-electron chi connectivity index (χ4n) is 1.07. The van der Waals surface area contributed by atoms with Crippen LogP contribution in [0.15, 0.2) is 12.1 Å². The van der Waals surface area contributed by atoms with Gasteiger partial charge in [0.2, 0.25) is 0 Å². The quantitative estimate of drug-likeness (QED) is 0.813. The predicted octanol–water partition coefficient (Wildman–Crippen LogP) is 2.81. The zero-order chi connectivity index (χ0) is 10.6. The number of halogens is 2. The highest BCUT2D eigenvalue weighted by atomic mass is 35.5. The lowest BCUT2D eigenvalue weighted by Gasteiger charge is -2.07. The van der Waals surface area contributed by atoms with Crippen molar-refractivity contribution >= 4 is 23.2 Å². The second kappa shape index (κ2) is 5.56. The molecule has 0 unspecified atom stereocenters. The van der Waals surface area contributed by atoms with Gasteiger partial charge < -0.3 is 9.84 Å². The number of hydrogen-bond acceptors (Lipinski definition) is 2. The van der Waals surface area contributed by atoms with Crippen LogP contribution >= 0.6 is 23.2 Å². The number of ether oxygens (including phenoxy) is 1. The van der Waals surface area contributed by atoms with Gasteiger partial charge in [0.25, 0.3) is 0 Å². The summed E-state index contributed by atoms with van der Waals surface area (Å²) in [4.78, 5) is 0. The van der Waals surface area contributed by atoms with Gasteiger partial charge in [-0.05, 0) is 24.1 Å². The van der Waals surface area contributed by atoms with Crippen LogP contribution in [0, 0.1) is 6.92 Å². The van der Waals surface area contributed by atoms with Crippen LogP contribution in [0.25, 0.3) is 0 Å². The van der Waals surface area contributed by atoms with Crippen molar-refractivity contribution in [2.45, 2.75) is 13.5 Å². The molecule has 0 spiro atoms. The molecule has 14 heavy (non-hydrogen) atoms. The third kappa shape index (κ3) is 3.14. The zero-order valence-corrected chi connectivity index (χ0v) is 9.40. The first-order valence-corrected chi connectivity index (χ1v) is 5.04. The highest BCUT2D eigenvalue weighted by Crippen LogP contribution is 2.25. The lowest BCUT2D eigenvalue weighted by molar-refractivity contribution is 0.0816. The monoisotopic (exact) mass is 234 g/mol. The second-order valence-electron chi connectivity index (χ2n) is 2.97. The molecule has 0 saturated carbocycles. The Labute approximate surface area is 93.4 Å². The number of aryl methyl sites for hydroxylation is 1. The zero-order valence-electron chi connectivity index (χ0n) is 7.89. The summed E-state index contributed by atoms with van der Waals surface area (Å²) >= 11 is 11.8. The van der Waals surface area contributed by atoms with Crippen LogP contribution in [0.2, 0.25) is 10.0 Å². The molecule has 0 bridgehead atoms. The summed E-state index contributed by atoms with van der Waals surface area (Å²) in [5.41, 5.74) is 1.86. The summed E-state index contributed by atoms with van der Waals surface area (Å²) in [6.07, 6.45) is 0. The fourth-order valence-corrected chi connectivity index (χ4v) is 1.51. The maximum Gasteiger partial charge on any atom is 0.0732 e. The molecular formula is C10H12Cl2O2. The lowest BCUT2D eigenvalue weighted by atomic mass is 10.1. The van der Waals surface area contributed by atoms with E-state index in [-0.39, 0.29) is 6.61 Å². The van der Waals surface area contributed by atoms with Crippen molar-refractivity contribution in [1.82, 2.24) is 0 Å². The Morgan fingerprint density at radius 1 is 1.29 bits per heavy atom. The van der Waals surface area contributed by atoms with Crippen molar-refractivity contribution in [2.24, 2.45) is 0 Å². The van der Waals surface area contributed by atoms with Crippen molar-refractivity contribution in [3.05, 3.63) is 33.3 Å². The third-order valence-corrected chi connectivity index (χ3v) is 2.58. The number of aliphatic hydroxyl groups is 1. The molecule has 0 aliphatic heterocycles. The summed E-state index contributed by atoms with van der Waals surface area (Å²) in [5.74, 6) is 0. The van der Waals surface area contributed by atoms with Gasteiger partial charge in [0.15, 0.2) is 0 Å². The number of benzene rings is 1. The van der Waals surface area contributed by atoms with E-state index in [1.165, 1.54) is 0 Å². The van der Waals surface area contributed by atoms with Gasteiger partial charge in [0.05, 0.1) is 19.8 Å². The van der Waals surface area contributed by atoms with Gasteiger partial charge in [-0.25, -0.2) is 0 Å². The van der Waals surface area contributed by atoms with Gasteiger partial charge in [-0.15, -0.1) is 0 Å². The summed E-state index contributed by atoms with van der Waals surface area (Å²) < 4.78 is 5.17. The summed E-state index contributed by atoms with van der Waals surface area (Å²) in [7, 11) is 0. The average Bonchev–Trinajstić information content (AvgIpc) is 2.14. The second-order valence-corrected chi connectivity index (χ2v) is 3.78. The maximum atomic E-state index is 8.53. The Morgan fingerprint density at radius 2 is 2.00 bits per heavy atom. The van der Waals surface area contributed by atoms with Crippen molar-refractivity contribution in [3.8, 4) is 0 Å². The molecule has 1 rings (SSSR count). The molecule has 0 aliphatic rings. The number of hydrogen-bond donors (Lipinski definition) is 1. The van der Waals surface area contributed by atoms with E-state index >= 15 is 0 Å². The fraction of sp³-hybridized carbons (Fsp3) is 0.400. The largest absolute Gasteiger partial charge is 0.394 e. The molecular weight excluding hydrogens is 223 g/mol. The van der Waals surface area contributed by atoms with Crippen LogP contribution in [-0.4, -0.2) is 18.3 Å². The van der Waals surface area contributed by atoms with E-state index in [4.69, 9.17) is 33.0 Å². The van der Waals surface area contributed by atoms with Gasteiger partial charge in [-0.2, -0.15) is 0 Å². The minimum absolute atomic E-state index is 0.0180. The summed E-state index contributed by atoms with van der Waals surface area (Å²) in [6, 6.07) is 3.60. The molecule has 0 amide bonds. The molecule has 0 radical (unpaired) electrons. The first-order chi connectivity index (χ1) is 6.65. The molecule has 4 heteroatoms. The van der Waals surface area contributed by atoms with Crippen LogP contribution in [0.1, 0.15) is 11.1 Å². The summed E-state index contributed by atoms with van der Waals surface area (Å²) in [6.45, 7) is 2.65. The van der Waals surface area contributed by atoms with E-state index < -0.39 is 0 Å². The minimum atomic E-state index is 0.0180. The van der Waals surface area contributed by atoms with Gasteiger partial charge in [0.1, 0.15) is 0 Å². The van der Waals surface area contributed by atoms with Crippen molar-refractivity contribution in [3.63, 3.8) is 0 Å². The number of rotatable bonds is 4. The van der Waals surface area contributed by atoms with Gasteiger partial charge in [0, 0.05) is 10.0 Å². The van der Waals surface area contributed by atoms with E-state index in [0.717, 1.165) is 11.1 Å². The first kappa shape index (κ1) is 11.8. The normalized spacial score (nSPS) is 10.6. The lowest BCUT2D eigenvalue weighted by Crippen LogP contribution is -2.00. The molecule has 0 aromatic heterocycles. The van der Waals surface area contributed by atoms with E-state index in [9.17, 15) is 0 Å². The van der Waals surface area contributed by atoms with Crippen LogP contribution in [0.3, 0.4) is 0 Å². The van der Waals surface area contributed by atoms with E-state index in [0.29, 0.717) is 23.3 Å². The average molecular weight is 235 g/mol. The number of aliphatic hydroxyl groups excluding tert-OH is 1. The minimum Gasteiger partial charge on any atom is -0.394 e. The van der Waals surface area contributed by atoms with Gasteiger partial charge >= 0.3 is 0 Å². The summed E-state index contributed by atoms with van der Waals surface area (Å²) in [5, 5.41) is 9.78. The SMILES string of the molecule is Cc1cc(COCCO)c(Cl)cc1Cl. The van der Waals surface area contributed by atoms with E-state index in [2.05, 4.69) is 0 Å². The molecule has 2 nitrogen and oxygen atoms in total. The third-order valence-electron chi connectivity index (χ3n) is 1.82. The van der Waals surface area contributed by atoms with Crippen LogP contribution < -0.4 is 0 Å². The maximum absolute atomic E-state index is 8.53. The van der Waals surface area contributed by atoms with Gasteiger partial charge in [-0.3, -0.25) is 0 Å². The van der Waals surface area contributed by atoms with Crippen molar-refractivity contribution < 1.29 is 9.84 Å². The van der Waals surface area contributed by atoms with E-state index in [1.54, 1.807) is 6.07 Å². The standard InChI is InChI=1S/C10H12Cl2O2/c1-7-4-8(6-14-3-2-13)10(12)5-9(7)11/h4-5,13H,2-3,6H2,1H3. The highest BCUT2D eigenvalue weighted by molar-refractivity contribution is 6.35. The van der Waals surface area contributed by atoms with Crippen molar-refractivity contribution in [1.29, 1.82) is 0 Å². The topological polar surface area (TPSA) is 29.5 Å². The first-order valence-electron chi connectivity index (χ1n) is 4.28. The Bertz CT molecular complexity index is 313. The molecule has 1 aromatic carbocycles. The highest BCUT2D eigenvalue weighted by Gasteiger charge is 2.04. The molecule has 0 heterocycles. The molecule has 0 fully saturated rings. The molecule has 1 N–H and O–H groups in total. The molecule has 0 atom stereocenters. The van der Waals surface area contributed by atoms with Crippen molar-refractivity contribution in [2.75, 3.05) is 13.2 Å². The van der Waals surface area contributed by atoms with E-state index in [1.807, 2.05) is 13.0 Å². The van der Waals surface area contributed by atoms with Gasteiger partial charge in [-0.1, -0.05) is 29.3 Å². The Hall–Kier alpha value is -0.280. The Kier molecular flexibility index (Phi) is 4.69.